The second-order valence-corrected chi connectivity index (χ2v) is 7.22. The Kier molecular flexibility index (Phi) is 4.61. The lowest BCUT2D eigenvalue weighted by molar-refractivity contribution is 0.595. The average Bonchev–Trinajstić information content (AvgIpc) is 2.90. The first-order valence-electron chi connectivity index (χ1n) is 6.19. The van der Waals surface area contributed by atoms with Gasteiger partial charge in [0, 0.05) is 12.2 Å². The van der Waals surface area contributed by atoms with Crippen molar-refractivity contribution in [3.05, 3.63) is 46.7 Å². The van der Waals surface area contributed by atoms with Gasteiger partial charge < -0.3 is 5.32 Å². The van der Waals surface area contributed by atoms with Crippen LogP contribution in [0.3, 0.4) is 0 Å². The van der Waals surface area contributed by atoms with Gasteiger partial charge in [0.05, 0.1) is 10.6 Å². The van der Waals surface area contributed by atoms with E-state index in [0.717, 1.165) is 12.2 Å². The number of nitrogens with one attached hydrogen (secondary N) is 1. The van der Waals surface area contributed by atoms with E-state index in [1.807, 2.05) is 24.4 Å². The Morgan fingerprint density at radius 2 is 1.89 bits per heavy atom. The summed E-state index contributed by atoms with van der Waals surface area (Å²) in [5, 5.41) is 7.40. The van der Waals surface area contributed by atoms with Gasteiger partial charge in [0.2, 0.25) is 0 Å². The molecule has 0 spiro atoms. The zero-order valence-electron chi connectivity index (χ0n) is 10.8. The standard InChI is InChI=1S/C14H17NO2S2/c1-2-9-19(16,17)14-5-3-13(4-6-14)15-10-12-7-8-18-11-12/h3-8,11,15H,2,9-10H2,1H3. The quantitative estimate of drug-likeness (QED) is 0.886. The highest BCUT2D eigenvalue weighted by molar-refractivity contribution is 7.91. The zero-order valence-corrected chi connectivity index (χ0v) is 12.4. The largest absolute Gasteiger partial charge is 0.381 e. The molecule has 1 aromatic carbocycles. The number of anilines is 1. The average molecular weight is 295 g/mol. The Balaban J connectivity index is 2.02. The summed E-state index contributed by atoms with van der Waals surface area (Å²) in [5.74, 6) is 0.203. The maximum absolute atomic E-state index is 11.9. The molecule has 2 aromatic rings. The maximum atomic E-state index is 11.9. The molecule has 0 saturated carbocycles. The van der Waals surface area contributed by atoms with Crippen LogP contribution in [0.5, 0.6) is 0 Å². The molecule has 1 heterocycles. The first kappa shape index (κ1) is 14.1. The van der Waals surface area contributed by atoms with Crippen LogP contribution in [0.15, 0.2) is 46.0 Å². The summed E-state index contributed by atoms with van der Waals surface area (Å²) in [7, 11) is -3.11. The number of thiophene rings is 1. The minimum absolute atomic E-state index is 0.203. The van der Waals surface area contributed by atoms with E-state index in [0.29, 0.717) is 11.3 Å². The molecule has 0 aliphatic carbocycles. The van der Waals surface area contributed by atoms with Crippen LogP contribution in [0.1, 0.15) is 18.9 Å². The normalized spacial score (nSPS) is 11.4. The molecule has 5 heteroatoms. The molecule has 0 radical (unpaired) electrons. The van der Waals surface area contributed by atoms with Gasteiger partial charge in [-0.25, -0.2) is 8.42 Å². The van der Waals surface area contributed by atoms with Gasteiger partial charge in [-0.1, -0.05) is 6.92 Å². The topological polar surface area (TPSA) is 46.2 Å². The molecule has 0 unspecified atom stereocenters. The van der Waals surface area contributed by atoms with Gasteiger partial charge in [-0.15, -0.1) is 0 Å². The number of hydrogen-bond donors (Lipinski definition) is 1. The molecule has 2 rings (SSSR count). The Morgan fingerprint density at radius 1 is 1.16 bits per heavy atom. The Morgan fingerprint density at radius 3 is 2.47 bits per heavy atom. The van der Waals surface area contributed by atoms with E-state index >= 15 is 0 Å². The van der Waals surface area contributed by atoms with Crippen molar-refractivity contribution in [1.29, 1.82) is 0 Å². The molecule has 102 valence electrons. The molecule has 0 bridgehead atoms. The molecule has 0 amide bonds. The van der Waals surface area contributed by atoms with Crippen LogP contribution >= 0.6 is 11.3 Å². The SMILES string of the molecule is CCCS(=O)(=O)c1ccc(NCc2ccsc2)cc1. The third kappa shape index (κ3) is 3.81. The molecule has 0 atom stereocenters. The molecule has 0 saturated heterocycles. The van der Waals surface area contributed by atoms with Gasteiger partial charge in [-0.05, 0) is 53.1 Å². The van der Waals surface area contributed by atoms with E-state index in [-0.39, 0.29) is 5.75 Å². The first-order valence-corrected chi connectivity index (χ1v) is 8.79. The van der Waals surface area contributed by atoms with Gasteiger partial charge in [-0.3, -0.25) is 0 Å². The smallest absolute Gasteiger partial charge is 0.178 e. The molecule has 0 aliphatic heterocycles. The second kappa shape index (κ2) is 6.21. The van der Waals surface area contributed by atoms with E-state index < -0.39 is 9.84 Å². The zero-order chi connectivity index (χ0) is 13.7. The van der Waals surface area contributed by atoms with Crippen LogP contribution < -0.4 is 5.32 Å². The summed E-state index contributed by atoms with van der Waals surface area (Å²) in [6.07, 6.45) is 0.639. The second-order valence-electron chi connectivity index (χ2n) is 4.33. The van der Waals surface area contributed by atoms with Gasteiger partial charge in [0.15, 0.2) is 9.84 Å². The van der Waals surface area contributed by atoms with E-state index in [1.165, 1.54) is 5.56 Å². The molecular formula is C14H17NO2S2. The van der Waals surface area contributed by atoms with Crippen molar-refractivity contribution >= 4 is 26.9 Å². The Hall–Kier alpha value is -1.33. The third-order valence-electron chi connectivity index (χ3n) is 2.76. The fourth-order valence-electron chi connectivity index (χ4n) is 1.76. The van der Waals surface area contributed by atoms with Crippen LogP contribution in [0.4, 0.5) is 5.69 Å². The maximum Gasteiger partial charge on any atom is 0.178 e. The van der Waals surface area contributed by atoms with Crippen molar-refractivity contribution in [2.24, 2.45) is 0 Å². The van der Waals surface area contributed by atoms with E-state index in [4.69, 9.17) is 0 Å². The fraction of sp³-hybridized carbons (Fsp3) is 0.286. The van der Waals surface area contributed by atoms with Crippen molar-refractivity contribution in [2.45, 2.75) is 24.8 Å². The minimum Gasteiger partial charge on any atom is -0.381 e. The molecule has 0 aliphatic rings. The third-order valence-corrected chi connectivity index (χ3v) is 5.43. The summed E-state index contributed by atoms with van der Waals surface area (Å²) in [4.78, 5) is 0.399. The molecule has 19 heavy (non-hydrogen) atoms. The molecule has 1 aromatic heterocycles. The van der Waals surface area contributed by atoms with E-state index in [1.54, 1.807) is 23.5 Å². The lowest BCUT2D eigenvalue weighted by Crippen LogP contribution is -2.06. The van der Waals surface area contributed by atoms with Crippen LogP contribution in [0.25, 0.3) is 0 Å². The highest BCUT2D eigenvalue weighted by Crippen LogP contribution is 2.17. The highest BCUT2D eigenvalue weighted by Gasteiger charge is 2.12. The minimum atomic E-state index is -3.11. The van der Waals surface area contributed by atoms with Crippen molar-refractivity contribution in [3.63, 3.8) is 0 Å². The monoisotopic (exact) mass is 295 g/mol. The van der Waals surface area contributed by atoms with Gasteiger partial charge in [0.1, 0.15) is 0 Å². The first-order chi connectivity index (χ1) is 9.12. The summed E-state index contributed by atoms with van der Waals surface area (Å²) < 4.78 is 23.7. The number of benzene rings is 1. The Bertz CT molecular complexity index is 601. The Labute approximate surface area is 118 Å². The fourth-order valence-corrected chi connectivity index (χ4v) is 3.76. The lowest BCUT2D eigenvalue weighted by Gasteiger charge is -2.07. The molecular weight excluding hydrogens is 278 g/mol. The molecule has 1 N–H and O–H groups in total. The summed E-state index contributed by atoms with van der Waals surface area (Å²) in [6, 6.07) is 9.03. The molecule has 3 nitrogen and oxygen atoms in total. The van der Waals surface area contributed by atoms with Crippen molar-refractivity contribution in [2.75, 3.05) is 11.1 Å². The van der Waals surface area contributed by atoms with Crippen molar-refractivity contribution < 1.29 is 8.42 Å². The predicted molar refractivity (Wildman–Crippen MR) is 80.4 cm³/mol. The summed E-state index contributed by atoms with van der Waals surface area (Å²) >= 11 is 1.67. The number of sulfone groups is 1. The van der Waals surface area contributed by atoms with Crippen LogP contribution in [0.2, 0.25) is 0 Å². The van der Waals surface area contributed by atoms with Crippen LogP contribution in [-0.4, -0.2) is 14.2 Å². The van der Waals surface area contributed by atoms with Crippen LogP contribution in [-0.2, 0) is 16.4 Å². The van der Waals surface area contributed by atoms with Gasteiger partial charge >= 0.3 is 0 Å². The van der Waals surface area contributed by atoms with Crippen molar-refractivity contribution in [3.8, 4) is 0 Å². The molecule has 0 fully saturated rings. The summed E-state index contributed by atoms with van der Waals surface area (Å²) in [5.41, 5.74) is 2.16. The van der Waals surface area contributed by atoms with Gasteiger partial charge in [0.25, 0.3) is 0 Å². The highest BCUT2D eigenvalue weighted by atomic mass is 32.2. The van der Waals surface area contributed by atoms with E-state index in [9.17, 15) is 8.42 Å². The lowest BCUT2D eigenvalue weighted by atomic mass is 10.3. The summed E-state index contributed by atoms with van der Waals surface area (Å²) in [6.45, 7) is 2.62. The number of hydrogen-bond acceptors (Lipinski definition) is 4. The van der Waals surface area contributed by atoms with Crippen LogP contribution in [0, 0.1) is 0 Å². The number of rotatable bonds is 6. The van der Waals surface area contributed by atoms with Crippen molar-refractivity contribution in [1.82, 2.24) is 0 Å². The van der Waals surface area contributed by atoms with Gasteiger partial charge in [-0.2, -0.15) is 11.3 Å². The van der Waals surface area contributed by atoms with E-state index in [2.05, 4.69) is 16.8 Å². The predicted octanol–water partition coefficient (Wildman–Crippen LogP) is 3.54.